The predicted octanol–water partition coefficient (Wildman–Crippen LogP) is 1.78. The van der Waals surface area contributed by atoms with E-state index in [9.17, 15) is 18.4 Å². The number of thioether (sulfide) groups is 1. The van der Waals surface area contributed by atoms with Crippen LogP contribution in [0.15, 0.2) is 17.0 Å². The minimum atomic E-state index is -0.862. The number of hydrogen-bond donors (Lipinski definition) is 0. The van der Waals surface area contributed by atoms with E-state index >= 15 is 0 Å². The molecule has 2 nitrogen and oxygen atoms in total. The number of ketones is 1. The van der Waals surface area contributed by atoms with Gasteiger partial charge in [-0.15, -0.1) is 0 Å². The summed E-state index contributed by atoms with van der Waals surface area (Å²) in [5.74, 6) is -2.54. The van der Waals surface area contributed by atoms with E-state index < -0.39 is 22.5 Å². The maximum atomic E-state index is 12.9. The Balaban J connectivity index is 2.70. The normalized spacial score (nSPS) is 14.9. The van der Waals surface area contributed by atoms with Gasteiger partial charge < -0.3 is 0 Å². The van der Waals surface area contributed by atoms with Crippen molar-refractivity contribution in [3.05, 3.63) is 29.3 Å². The Hall–Kier alpha value is -1.23. The molecule has 0 fully saturated rings. The maximum absolute atomic E-state index is 12.9. The zero-order valence-corrected chi connectivity index (χ0v) is 6.95. The van der Waals surface area contributed by atoms with E-state index in [0.717, 1.165) is 6.07 Å². The molecule has 1 aromatic rings. The lowest BCUT2D eigenvalue weighted by molar-refractivity contribution is -0.107. The molecule has 0 spiro atoms. The molecule has 5 heteroatoms. The van der Waals surface area contributed by atoms with E-state index in [0.29, 0.717) is 17.8 Å². The Kier molecular flexibility index (Phi) is 1.69. The Labute approximate surface area is 75.9 Å². The Morgan fingerprint density at radius 1 is 1.15 bits per heavy atom. The van der Waals surface area contributed by atoms with Crippen molar-refractivity contribution in [1.29, 1.82) is 0 Å². The van der Waals surface area contributed by atoms with E-state index in [1.54, 1.807) is 0 Å². The van der Waals surface area contributed by atoms with Crippen LogP contribution in [0.1, 0.15) is 10.4 Å². The monoisotopic (exact) mass is 200 g/mol. The average molecular weight is 200 g/mol. The van der Waals surface area contributed by atoms with Crippen molar-refractivity contribution in [2.45, 2.75) is 4.90 Å². The van der Waals surface area contributed by atoms with Crippen molar-refractivity contribution in [2.75, 3.05) is 0 Å². The van der Waals surface area contributed by atoms with E-state index in [1.165, 1.54) is 0 Å². The fraction of sp³-hybridized carbons (Fsp3) is 0. The molecule has 66 valence electrons. The van der Waals surface area contributed by atoms with Gasteiger partial charge in [-0.25, -0.2) is 8.78 Å². The highest BCUT2D eigenvalue weighted by Gasteiger charge is 2.32. The first-order valence-electron chi connectivity index (χ1n) is 3.35. The number of Topliss-reactive ketones (excluding diaryl/α,β-unsaturated/α-hetero) is 1. The zero-order chi connectivity index (χ0) is 9.59. The number of benzene rings is 1. The van der Waals surface area contributed by atoms with Gasteiger partial charge in [0.1, 0.15) is 11.6 Å². The number of fused-ring (bicyclic) bond motifs is 1. The van der Waals surface area contributed by atoms with Crippen LogP contribution in [0.3, 0.4) is 0 Å². The third-order valence-corrected chi connectivity index (χ3v) is 2.62. The van der Waals surface area contributed by atoms with Crippen LogP contribution in [0.25, 0.3) is 0 Å². The predicted molar refractivity (Wildman–Crippen MR) is 41.6 cm³/mol. The molecule has 0 saturated carbocycles. The molecule has 13 heavy (non-hydrogen) atoms. The molecular weight excluding hydrogens is 198 g/mol. The summed E-state index contributed by atoms with van der Waals surface area (Å²) in [5, 5.41) is -0.764. The van der Waals surface area contributed by atoms with E-state index in [4.69, 9.17) is 0 Å². The summed E-state index contributed by atoms with van der Waals surface area (Å²) >= 11 is 0.504. The Morgan fingerprint density at radius 2 is 1.85 bits per heavy atom. The summed E-state index contributed by atoms with van der Waals surface area (Å²) in [6, 6.07) is 1.52. The summed E-state index contributed by atoms with van der Waals surface area (Å²) in [7, 11) is 0. The fourth-order valence-corrected chi connectivity index (χ4v) is 1.89. The third-order valence-electron chi connectivity index (χ3n) is 1.63. The van der Waals surface area contributed by atoms with Crippen LogP contribution in [0.4, 0.5) is 8.78 Å². The molecule has 0 aliphatic carbocycles. The highest BCUT2D eigenvalue weighted by Crippen LogP contribution is 2.35. The smallest absolute Gasteiger partial charge is 0.264 e. The van der Waals surface area contributed by atoms with Crippen molar-refractivity contribution < 1.29 is 18.4 Å². The summed E-state index contributed by atoms with van der Waals surface area (Å²) < 4.78 is 25.5. The minimum absolute atomic E-state index is 0.0728. The molecule has 0 saturated heterocycles. The van der Waals surface area contributed by atoms with Gasteiger partial charge in [-0.1, -0.05) is 0 Å². The summed E-state index contributed by atoms with van der Waals surface area (Å²) in [4.78, 5) is 21.7. The second kappa shape index (κ2) is 2.63. The number of hydrogen-bond acceptors (Lipinski definition) is 3. The molecule has 1 aliphatic heterocycles. The Bertz CT molecular complexity index is 428. The quantitative estimate of drug-likeness (QED) is 0.598. The van der Waals surface area contributed by atoms with E-state index in [-0.39, 0.29) is 10.5 Å². The number of rotatable bonds is 0. The van der Waals surface area contributed by atoms with Gasteiger partial charge in [-0.2, -0.15) is 0 Å². The molecule has 2 rings (SSSR count). The lowest BCUT2D eigenvalue weighted by Crippen LogP contribution is -2.02. The zero-order valence-electron chi connectivity index (χ0n) is 6.14. The summed E-state index contributed by atoms with van der Waals surface area (Å²) in [6.45, 7) is 0. The van der Waals surface area contributed by atoms with E-state index in [1.807, 2.05) is 0 Å². The molecule has 1 heterocycles. The van der Waals surface area contributed by atoms with Crippen molar-refractivity contribution in [3.63, 3.8) is 0 Å². The van der Waals surface area contributed by atoms with Gasteiger partial charge in [0, 0.05) is 11.6 Å². The van der Waals surface area contributed by atoms with Crippen LogP contribution >= 0.6 is 11.8 Å². The topological polar surface area (TPSA) is 34.1 Å². The van der Waals surface area contributed by atoms with E-state index in [2.05, 4.69) is 0 Å². The summed E-state index contributed by atoms with van der Waals surface area (Å²) in [6.07, 6.45) is 0. The van der Waals surface area contributed by atoms with Crippen LogP contribution in [0.5, 0.6) is 0 Å². The van der Waals surface area contributed by atoms with Crippen LogP contribution in [-0.2, 0) is 4.79 Å². The molecule has 1 aromatic carbocycles. The molecule has 0 bridgehead atoms. The molecule has 0 radical (unpaired) electrons. The van der Waals surface area contributed by atoms with Crippen molar-refractivity contribution in [1.82, 2.24) is 0 Å². The van der Waals surface area contributed by atoms with Crippen LogP contribution in [0, 0.1) is 11.6 Å². The molecule has 0 N–H and O–H groups in total. The minimum Gasteiger partial charge on any atom is -0.284 e. The molecule has 1 aliphatic rings. The van der Waals surface area contributed by atoms with Gasteiger partial charge in [-0.3, -0.25) is 9.59 Å². The molecule has 0 aromatic heterocycles. The van der Waals surface area contributed by atoms with Crippen LogP contribution < -0.4 is 0 Å². The van der Waals surface area contributed by atoms with Gasteiger partial charge in [0.2, 0.25) is 5.78 Å². The first-order chi connectivity index (χ1) is 6.09. The van der Waals surface area contributed by atoms with Crippen LogP contribution in [-0.4, -0.2) is 10.9 Å². The first kappa shape index (κ1) is 8.37. The van der Waals surface area contributed by atoms with Gasteiger partial charge >= 0.3 is 0 Å². The number of carbonyl (C=O) groups excluding carboxylic acids is 2. The SMILES string of the molecule is O=C1Sc2c(F)cc(F)cc2C1=O. The maximum Gasteiger partial charge on any atom is 0.264 e. The molecule has 0 unspecified atom stereocenters. The number of carbonyl (C=O) groups is 2. The molecule has 0 amide bonds. The lowest BCUT2D eigenvalue weighted by Gasteiger charge is -1.96. The largest absolute Gasteiger partial charge is 0.284 e. The molecule has 0 atom stereocenters. The van der Waals surface area contributed by atoms with Gasteiger partial charge in [0.15, 0.2) is 0 Å². The van der Waals surface area contributed by atoms with Gasteiger partial charge in [0.05, 0.1) is 4.90 Å². The third kappa shape index (κ3) is 1.16. The lowest BCUT2D eigenvalue weighted by atomic mass is 10.1. The Morgan fingerprint density at radius 3 is 2.54 bits per heavy atom. The number of halogens is 2. The fourth-order valence-electron chi connectivity index (χ4n) is 1.08. The highest BCUT2D eigenvalue weighted by molar-refractivity contribution is 8.16. The van der Waals surface area contributed by atoms with Gasteiger partial charge in [0.25, 0.3) is 5.12 Å². The standard InChI is InChI=1S/C8H2F2O2S/c9-3-1-4-6(11)8(12)13-7(4)5(10)2-3/h1-2H. The van der Waals surface area contributed by atoms with Crippen LogP contribution in [0.2, 0.25) is 0 Å². The second-order valence-corrected chi connectivity index (χ2v) is 3.47. The average Bonchev–Trinajstić information content (AvgIpc) is 2.32. The van der Waals surface area contributed by atoms with Crippen molar-refractivity contribution >= 4 is 22.7 Å². The highest BCUT2D eigenvalue weighted by atomic mass is 32.2. The first-order valence-corrected chi connectivity index (χ1v) is 4.17. The summed E-state index contributed by atoms with van der Waals surface area (Å²) in [5.41, 5.74) is -0.174. The van der Waals surface area contributed by atoms with Crippen molar-refractivity contribution in [3.8, 4) is 0 Å². The second-order valence-electron chi connectivity index (χ2n) is 2.48. The van der Waals surface area contributed by atoms with Crippen molar-refractivity contribution in [2.24, 2.45) is 0 Å². The van der Waals surface area contributed by atoms with Gasteiger partial charge in [-0.05, 0) is 17.8 Å². The molecular formula is C8H2F2O2S.